The van der Waals surface area contributed by atoms with E-state index in [1.165, 1.54) is 141 Å². The molecule has 0 aromatic rings. The minimum absolute atomic E-state index is 0.153. The quantitative estimate of drug-likeness (QED) is 0.0558. The van der Waals surface area contributed by atoms with Crippen LogP contribution in [0.3, 0.4) is 0 Å². The van der Waals surface area contributed by atoms with Crippen LogP contribution in [-0.4, -0.2) is 50.2 Å². The van der Waals surface area contributed by atoms with Crippen molar-refractivity contribution in [2.45, 2.75) is 200 Å². The van der Waals surface area contributed by atoms with Crippen LogP contribution in [0.1, 0.15) is 194 Å². The summed E-state index contributed by atoms with van der Waals surface area (Å²) in [5, 5.41) is 0. The predicted octanol–water partition coefficient (Wildman–Crippen LogP) is 11.0. The Kier molecular flexibility index (Phi) is 31.9. The van der Waals surface area contributed by atoms with Crippen molar-refractivity contribution in [3.8, 4) is 0 Å². The number of rotatable bonds is 33. The summed E-state index contributed by atoms with van der Waals surface area (Å²) in [4.78, 5) is 26.6. The molecule has 0 radical (unpaired) electrons. The fourth-order valence-electron chi connectivity index (χ4n) is 5.61. The molecule has 250 valence electrons. The van der Waals surface area contributed by atoms with Gasteiger partial charge in [0.15, 0.2) is 0 Å². The van der Waals surface area contributed by atoms with Crippen molar-refractivity contribution in [2.24, 2.45) is 0 Å². The topological polar surface area (TPSA) is 55.8 Å². The molecule has 0 aliphatic carbocycles. The fraction of sp³-hybridized carbons (Fsp3) is 0.946. The van der Waals surface area contributed by atoms with Gasteiger partial charge in [0, 0.05) is 19.4 Å². The first-order chi connectivity index (χ1) is 20.5. The van der Waals surface area contributed by atoms with Crippen LogP contribution >= 0.6 is 0 Å². The summed E-state index contributed by atoms with van der Waals surface area (Å²) in [5.41, 5.74) is 0. The Morgan fingerprint density at radius 2 is 0.786 bits per heavy atom. The highest BCUT2D eigenvalue weighted by Crippen LogP contribution is 2.15. The molecule has 0 saturated carbocycles. The number of likely N-dealkylation sites (N-methyl/N-ethyl adjacent to an activating group) is 1. The Morgan fingerprint density at radius 1 is 0.476 bits per heavy atom. The molecular formula is C37H73NO4. The number of ether oxygens (including phenoxy) is 2. The van der Waals surface area contributed by atoms with Crippen LogP contribution in [-0.2, 0) is 19.1 Å². The molecule has 5 nitrogen and oxygen atoms in total. The maximum Gasteiger partial charge on any atom is 0.306 e. The van der Waals surface area contributed by atoms with Gasteiger partial charge in [0.25, 0.3) is 0 Å². The minimum Gasteiger partial charge on any atom is -0.462 e. The predicted molar refractivity (Wildman–Crippen MR) is 180 cm³/mol. The first-order valence-corrected chi connectivity index (χ1v) is 18.5. The van der Waals surface area contributed by atoms with Gasteiger partial charge in [0.05, 0.1) is 0 Å². The monoisotopic (exact) mass is 596 g/mol. The highest BCUT2D eigenvalue weighted by molar-refractivity contribution is 5.70. The highest BCUT2D eigenvalue weighted by Gasteiger charge is 2.18. The first kappa shape index (κ1) is 40.9. The van der Waals surface area contributed by atoms with Gasteiger partial charge >= 0.3 is 11.9 Å². The van der Waals surface area contributed by atoms with E-state index < -0.39 is 6.10 Å². The molecule has 0 N–H and O–H groups in total. The average molecular weight is 596 g/mol. The molecule has 0 aromatic heterocycles. The van der Waals surface area contributed by atoms with E-state index in [2.05, 4.69) is 13.8 Å². The smallest absolute Gasteiger partial charge is 0.306 e. The molecule has 0 heterocycles. The van der Waals surface area contributed by atoms with Gasteiger partial charge in [-0.3, -0.25) is 9.59 Å². The number of carbonyl (C=O) groups is 2. The molecule has 0 aliphatic rings. The van der Waals surface area contributed by atoms with E-state index >= 15 is 0 Å². The van der Waals surface area contributed by atoms with E-state index in [1.807, 2.05) is 19.0 Å². The molecule has 0 aliphatic heterocycles. The molecular weight excluding hydrogens is 522 g/mol. The Labute approximate surface area is 262 Å². The zero-order valence-electron chi connectivity index (χ0n) is 28.9. The van der Waals surface area contributed by atoms with Crippen LogP contribution in [0.4, 0.5) is 0 Å². The Morgan fingerprint density at radius 3 is 1.12 bits per heavy atom. The summed E-state index contributed by atoms with van der Waals surface area (Å²) in [5.74, 6) is -0.341. The van der Waals surface area contributed by atoms with Gasteiger partial charge in [-0.2, -0.15) is 0 Å². The molecule has 0 rings (SSSR count). The molecule has 0 aromatic carbocycles. The fourth-order valence-corrected chi connectivity index (χ4v) is 5.61. The van der Waals surface area contributed by atoms with Crippen molar-refractivity contribution in [1.29, 1.82) is 0 Å². The molecule has 42 heavy (non-hydrogen) atoms. The van der Waals surface area contributed by atoms with E-state index in [1.54, 1.807) is 0 Å². The molecule has 0 amide bonds. The number of hydrogen-bond donors (Lipinski definition) is 0. The summed E-state index contributed by atoms with van der Waals surface area (Å²) in [7, 11) is 3.89. The second-order valence-electron chi connectivity index (χ2n) is 13.0. The Hall–Kier alpha value is -1.10. The third-order valence-corrected chi connectivity index (χ3v) is 8.27. The molecule has 0 fully saturated rings. The van der Waals surface area contributed by atoms with Crippen molar-refractivity contribution < 1.29 is 19.1 Å². The van der Waals surface area contributed by atoms with Crippen LogP contribution in [0.2, 0.25) is 0 Å². The lowest BCUT2D eigenvalue weighted by Crippen LogP contribution is -2.34. The van der Waals surface area contributed by atoms with E-state index in [9.17, 15) is 9.59 Å². The minimum atomic E-state index is -0.398. The van der Waals surface area contributed by atoms with Gasteiger partial charge in [-0.25, -0.2) is 0 Å². The lowest BCUT2D eigenvalue weighted by molar-refractivity contribution is -0.160. The summed E-state index contributed by atoms with van der Waals surface area (Å²) in [6.07, 6.45) is 34.0. The molecule has 5 heteroatoms. The van der Waals surface area contributed by atoms with Crippen molar-refractivity contribution in [2.75, 3.05) is 27.2 Å². The van der Waals surface area contributed by atoms with Crippen LogP contribution in [0, 0.1) is 0 Å². The lowest BCUT2D eigenvalue weighted by Gasteiger charge is -2.21. The summed E-state index contributed by atoms with van der Waals surface area (Å²) >= 11 is 0. The van der Waals surface area contributed by atoms with Gasteiger partial charge in [0.2, 0.25) is 0 Å². The average Bonchev–Trinajstić information content (AvgIpc) is 2.96. The zero-order valence-corrected chi connectivity index (χ0v) is 28.9. The summed E-state index contributed by atoms with van der Waals surface area (Å²) in [6, 6.07) is 0. The number of unbranched alkanes of at least 4 members (excludes halogenated alkanes) is 24. The normalized spacial score (nSPS) is 12.1. The van der Waals surface area contributed by atoms with Gasteiger partial charge in [-0.05, 0) is 26.9 Å². The van der Waals surface area contributed by atoms with Gasteiger partial charge in [0.1, 0.15) is 12.7 Å². The molecule has 1 atom stereocenters. The van der Waals surface area contributed by atoms with Crippen LogP contribution in [0.25, 0.3) is 0 Å². The van der Waals surface area contributed by atoms with E-state index in [4.69, 9.17) is 9.47 Å². The number of nitrogens with zero attached hydrogens (tertiary/aromatic N) is 1. The van der Waals surface area contributed by atoms with Crippen molar-refractivity contribution in [3.63, 3.8) is 0 Å². The van der Waals surface area contributed by atoms with Crippen LogP contribution in [0.5, 0.6) is 0 Å². The van der Waals surface area contributed by atoms with Gasteiger partial charge in [-0.15, -0.1) is 0 Å². The maximum atomic E-state index is 12.4. The highest BCUT2D eigenvalue weighted by atomic mass is 16.6. The second kappa shape index (κ2) is 32.8. The van der Waals surface area contributed by atoms with E-state index in [-0.39, 0.29) is 18.5 Å². The first-order valence-electron chi connectivity index (χ1n) is 18.5. The molecule has 0 unspecified atom stereocenters. The SMILES string of the molecule is CCCCCCCCCCCCCCCC(=O)OC[C@H](CN(C)C)OC(=O)CCCCCCCCCCCCCCC. The Balaban J connectivity index is 3.75. The standard InChI is InChI=1S/C37H73NO4/c1-5-7-9-11-13-15-17-19-21-23-25-27-29-31-36(39)41-34-35(33-38(3)4)42-37(40)32-30-28-26-24-22-20-18-16-14-12-10-8-6-2/h35H,5-34H2,1-4H3/t35-/m0/s1. The second-order valence-corrected chi connectivity index (χ2v) is 13.0. The van der Waals surface area contributed by atoms with Crippen molar-refractivity contribution >= 4 is 11.9 Å². The molecule has 0 saturated heterocycles. The van der Waals surface area contributed by atoms with Crippen molar-refractivity contribution in [1.82, 2.24) is 4.90 Å². The van der Waals surface area contributed by atoms with E-state index in [0.29, 0.717) is 19.4 Å². The zero-order chi connectivity index (χ0) is 30.9. The largest absolute Gasteiger partial charge is 0.462 e. The molecule has 0 spiro atoms. The van der Waals surface area contributed by atoms with Crippen LogP contribution in [0.15, 0.2) is 0 Å². The third-order valence-electron chi connectivity index (χ3n) is 8.27. The van der Waals surface area contributed by atoms with Gasteiger partial charge < -0.3 is 14.4 Å². The number of hydrogen-bond acceptors (Lipinski definition) is 5. The molecule has 0 bridgehead atoms. The van der Waals surface area contributed by atoms with E-state index in [0.717, 1.165) is 25.7 Å². The van der Waals surface area contributed by atoms with Gasteiger partial charge in [-0.1, -0.05) is 168 Å². The van der Waals surface area contributed by atoms with Crippen LogP contribution < -0.4 is 0 Å². The number of esters is 2. The summed E-state index contributed by atoms with van der Waals surface area (Å²) < 4.78 is 11.2. The summed E-state index contributed by atoms with van der Waals surface area (Å²) in [6.45, 7) is 5.26. The maximum absolute atomic E-state index is 12.4. The van der Waals surface area contributed by atoms with Crippen molar-refractivity contribution in [3.05, 3.63) is 0 Å². The Bertz CT molecular complexity index is 580. The third kappa shape index (κ3) is 31.8. The lowest BCUT2D eigenvalue weighted by atomic mass is 10.0. The number of carbonyl (C=O) groups excluding carboxylic acids is 2.